The van der Waals surface area contributed by atoms with E-state index in [2.05, 4.69) is 31.4 Å². The van der Waals surface area contributed by atoms with Crippen molar-refractivity contribution in [2.24, 2.45) is 17.8 Å². The van der Waals surface area contributed by atoms with Gasteiger partial charge in [0.25, 0.3) is 0 Å². The molecule has 1 amide bonds. The Kier molecular flexibility index (Phi) is 9.05. The Hall–Kier alpha value is -1.04. The predicted molar refractivity (Wildman–Crippen MR) is 120 cm³/mol. The van der Waals surface area contributed by atoms with Crippen molar-refractivity contribution in [1.82, 2.24) is 5.32 Å². The van der Waals surface area contributed by atoms with E-state index in [9.17, 15) is 4.79 Å². The summed E-state index contributed by atoms with van der Waals surface area (Å²) in [6.45, 7) is 8.99. The normalized spacial score (nSPS) is 23.4. The van der Waals surface area contributed by atoms with E-state index < -0.39 is 16.1 Å². The summed E-state index contributed by atoms with van der Waals surface area (Å²) in [4.78, 5) is 12.6. The molecular weight excluding hydrogens is 435 g/mol. The number of hydrogen-bond donors (Lipinski definition) is 2. The zero-order chi connectivity index (χ0) is 21.6. The number of benzene rings is 1. The summed E-state index contributed by atoms with van der Waals surface area (Å²) in [6.07, 6.45) is 1.36. The van der Waals surface area contributed by atoms with Crippen LogP contribution in [0.5, 0.6) is 5.75 Å². The van der Waals surface area contributed by atoms with E-state index >= 15 is 0 Å². The number of carbonyl (C=O) groups excluding carboxylic acids is 1. The van der Waals surface area contributed by atoms with Gasteiger partial charge in [-0.2, -0.15) is 0 Å². The molecule has 1 aliphatic carbocycles. The Balaban J connectivity index is 2.02. The predicted octanol–water partition coefficient (Wildman–Crippen LogP) is 6.38. The van der Waals surface area contributed by atoms with Crippen molar-refractivity contribution in [3.05, 3.63) is 24.3 Å². The van der Waals surface area contributed by atoms with Crippen LogP contribution >= 0.6 is 34.8 Å². The maximum atomic E-state index is 12.6. The SMILES string of the molecule is CCOc1ccc(N[C@H](NC(=O)O[C@@H]2C[C@@H](C)CC[C@@H]2C(C)C)C(Cl)(Cl)Cl)cc1. The number of alkyl halides is 3. The summed E-state index contributed by atoms with van der Waals surface area (Å²) >= 11 is 18.3. The van der Waals surface area contributed by atoms with Crippen LogP contribution in [0.4, 0.5) is 10.5 Å². The van der Waals surface area contributed by atoms with E-state index in [1.807, 2.05) is 6.92 Å². The van der Waals surface area contributed by atoms with E-state index in [0.717, 1.165) is 25.0 Å². The number of amides is 1. The van der Waals surface area contributed by atoms with Gasteiger partial charge in [0.15, 0.2) is 0 Å². The number of nitrogens with one attached hydrogen (secondary N) is 2. The molecule has 0 bridgehead atoms. The summed E-state index contributed by atoms with van der Waals surface area (Å²) in [5.74, 6) is 2.03. The molecule has 4 atom stereocenters. The lowest BCUT2D eigenvalue weighted by molar-refractivity contribution is 0.00534. The van der Waals surface area contributed by atoms with Crippen molar-refractivity contribution in [1.29, 1.82) is 0 Å². The summed E-state index contributed by atoms with van der Waals surface area (Å²) < 4.78 is 9.42. The van der Waals surface area contributed by atoms with Gasteiger partial charge in [0.1, 0.15) is 18.0 Å². The Morgan fingerprint density at radius 3 is 2.41 bits per heavy atom. The molecule has 2 rings (SSSR count). The molecule has 5 nitrogen and oxygen atoms in total. The molecule has 1 aromatic rings. The molecule has 1 aromatic carbocycles. The largest absolute Gasteiger partial charge is 0.494 e. The molecule has 0 aromatic heterocycles. The van der Waals surface area contributed by atoms with Crippen molar-refractivity contribution in [3.8, 4) is 5.75 Å². The van der Waals surface area contributed by atoms with E-state index in [-0.39, 0.29) is 6.10 Å². The Morgan fingerprint density at radius 1 is 1.21 bits per heavy atom. The fourth-order valence-electron chi connectivity index (χ4n) is 3.72. The van der Waals surface area contributed by atoms with Crippen LogP contribution in [0.3, 0.4) is 0 Å². The minimum Gasteiger partial charge on any atom is -0.494 e. The van der Waals surface area contributed by atoms with E-state index in [4.69, 9.17) is 44.3 Å². The zero-order valence-electron chi connectivity index (χ0n) is 17.4. The highest BCUT2D eigenvalue weighted by Gasteiger charge is 2.37. The molecule has 0 aliphatic heterocycles. The molecule has 1 aliphatic rings. The second-order valence-corrected chi connectivity index (χ2v) is 10.4. The number of alkyl carbamates (subject to hydrolysis) is 1. The van der Waals surface area contributed by atoms with E-state index in [1.165, 1.54) is 0 Å². The number of halogens is 3. The maximum Gasteiger partial charge on any atom is 0.409 e. The number of rotatable bonds is 7. The third-order valence-corrected chi connectivity index (χ3v) is 5.94. The van der Waals surface area contributed by atoms with Gasteiger partial charge in [-0.1, -0.05) is 62.0 Å². The molecule has 2 N–H and O–H groups in total. The highest BCUT2D eigenvalue weighted by atomic mass is 35.6. The van der Waals surface area contributed by atoms with Crippen LogP contribution in [0.1, 0.15) is 47.0 Å². The van der Waals surface area contributed by atoms with Crippen molar-refractivity contribution < 1.29 is 14.3 Å². The smallest absolute Gasteiger partial charge is 0.409 e. The van der Waals surface area contributed by atoms with Gasteiger partial charge in [-0.3, -0.25) is 5.32 Å². The quantitative estimate of drug-likeness (QED) is 0.362. The third kappa shape index (κ3) is 7.62. The summed E-state index contributed by atoms with van der Waals surface area (Å²) in [7, 11) is 0. The lowest BCUT2D eigenvalue weighted by atomic mass is 9.75. The van der Waals surface area contributed by atoms with Gasteiger partial charge < -0.3 is 14.8 Å². The first-order valence-corrected chi connectivity index (χ1v) is 11.3. The second kappa shape index (κ2) is 10.8. The van der Waals surface area contributed by atoms with Crippen LogP contribution in [0.15, 0.2) is 24.3 Å². The van der Waals surface area contributed by atoms with Crippen LogP contribution < -0.4 is 15.4 Å². The van der Waals surface area contributed by atoms with Crippen LogP contribution in [0.25, 0.3) is 0 Å². The summed E-state index contributed by atoms with van der Waals surface area (Å²) in [5.41, 5.74) is 0.677. The molecule has 1 fully saturated rings. The third-order valence-electron chi connectivity index (χ3n) is 5.29. The fraction of sp³-hybridized carbons (Fsp3) is 0.667. The Labute approximate surface area is 188 Å². The van der Waals surface area contributed by atoms with Crippen LogP contribution in [0, 0.1) is 17.8 Å². The minimum absolute atomic E-state index is 0.139. The van der Waals surface area contributed by atoms with Crippen molar-refractivity contribution in [2.75, 3.05) is 11.9 Å². The molecule has 1 saturated carbocycles. The standard InChI is InChI=1S/C21H31Cl3N2O3/c1-5-28-16-9-7-15(8-10-16)25-19(21(22,23)24)26-20(27)29-18-12-14(4)6-11-17(18)13(2)3/h7-10,13-14,17-19,25H,5-6,11-12H2,1-4H3,(H,26,27)/t14-,17+,18+,19+/m0/s1. The van der Waals surface area contributed by atoms with Gasteiger partial charge in [-0.05, 0) is 61.8 Å². The topological polar surface area (TPSA) is 59.6 Å². The van der Waals surface area contributed by atoms with E-state index in [1.54, 1.807) is 24.3 Å². The summed E-state index contributed by atoms with van der Waals surface area (Å²) in [6, 6.07) is 7.19. The van der Waals surface area contributed by atoms with Crippen LogP contribution in [0.2, 0.25) is 0 Å². The molecule has 0 spiro atoms. The van der Waals surface area contributed by atoms with E-state index in [0.29, 0.717) is 30.0 Å². The molecule has 0 radical (unpaired) electrons. The van der Waals surface area contributed by atoms with Crippen LogP contribution in [-0.2, 0) is 4.74 Å². The van der Waals surface area contributed by atoms with Gasteiger partial charge in [0.2, 0.25) is 3.79 Å². The molecule has 29 heavy (non-hydrogen) atoms. The highest BCUT2D eigenvalue weighted by molar-refractivity contribution is 6.68. The van der Waals surface area contributed by atoms with Crippen LogP contribution in [-0.4, -0.2) is 28.8 Å². The monoisotopic (exact) mass is 464 g/mol. The second-order valence-electron chi connectivity index (χ2n) is 7.99. The fourth-order valence-corrected chi connectivity index (χ4v) is 4.05. The van der Waals surface area contributed by atoms with Gasteiger partial charge in [0, 0.05) is 5.69 Å². The molecule has 8 heteroatoms. The molecule has 164 valence electrons. The molecule has 0 heterocycles. The molecular formula is C21H31Cl3N2O3. The summed E-state index contributed by atoms with van der Waals surface area (Å²) in [5, 5.41) is 5.70. The average molecular weight is 466 g/mol. The molecule has 0 saturated heterocycles. The maximum absolute atomic E-state index is 12.6. The first-order valence-electron chi connectivity index (χ1n) is 10.1. The zero-order valence-corrected chi connectivity index (χ0v) is 19.7. The number of ether oxygens (including phenoxy) is 2. The molecule has 0 unspecified atom stereocenters. The number of anilines is 1. The Bertz CT molecular complexity index is 650. The highest BCUT2D eigenvalue weighted by Crippen LogP contribution is 2.36. The van der Waals surface area contributed by atoms with Gasteiger partial charge in [0.05, 0.1) is 6.61 Å². The van der Waals surface area contributed by atoms with Gasteiger partial charge >= 0.3 is 6.09 Å². The van der Waals surface area contributed by atoms with Crippen molar-refractivity contribution in [3.63, 3.8) is 0 Å². The first-order chi connectivity index (χ1) is 13.6. The average Bonchev–Trinajstić information content (AvgIpc) is 2.62. The van der Waals surface area contributed by atoms with Gasteiger partial charge in [-0.15, -0.1) is 0 Å². The van der Waals surface area contributed by atoms with Crippen molar-refractivity contribution in [2.45, 2.75) is 63.0 Å². The lowest BCUT2D eigenvalue weighted by Gasteiger charge is -2.37. The Morgan fingerprint density at radius 2 is 1.86 bits per heavy atom. The number of hydrogen-bond acceptors (Lipinski definition) is 4. The minimum atomic E-state index is -1.77. The lowest BCUT2D eigenvalue weighted by Crippen LogP contribution is -2.50. The van der Waals surface area contributed by atoms with Crippen molar-refractivity contribution >= 4 is 46.6 Å². The first kappa shape index (κ1) is 24.2. The van der Waals surface area contributed by atoms with Gasteiger partial charge in [-0.25, -0.2) is 4.79 Å². The number of carbonyl (C=O) groups is 1.